The van der Waals surface area contributed by atoms with Gasteiger partial charge >= 0.3 is 11.9 Å². The summed E-state index contributed by atoms with van der Waals surface area (Å²) in [5, 5.41) is 9.22. The predicted octanol–water partition coefficient (Wildman–Crippen LogP) is 3.68. The summed E-state index contributed by atoms with van der Waals surface area (Å²) in [7, 11) is 1.29. The summed E-state index contributed by atoms with van der Waals surface area (Å²) in [4.78, 5) is 35.9. The number of aliphatic carboxylic acids is 1. The van der Waals surface area contributed by atoms with E-state index in [1.807, 2.05) is 0 Å². The fourth-order valence-electron chi connectivity index (χ4n) is 4.34. The van der Waals surface area contributed by atoms with Crippen LogP contribution in [-0.2, 0) is 19.1 Å². The quantitative estimate of drug-likeness (QED) is 0.433. The summed E-state index contributed by atoms with van der Waals surface area (Å²) in [5.74, 6) is -1.36. The van der Waals surface area contributed by atoms with Gasteiger partial charge in [-0.2, -0.15) is 0 Å². The summed E-state index contributed by atoms with van der Waals surface area (Å²) in [6.45, 7) is 6.70. The van der Waals surface area contributed by atoms with Gasteiger partial charge in [0, 0.05) is 23.6 Å². The highest BCUT2D eigenvalue weighted by molar-refractivity contribution is 6.00. The molecule has 0 unspecified atom stereocenters. The molecule has 0 aromatic rings. The van der Waals surface area contributed by atoms with Gasteiger partial charge in [-0.3, -0.25) is 14.4 Å². The van der Waals surface area contributed by atoms with E-state index in [2.05, 4.69) is 25.5 Å². The molecule has 2 aliphatic rings. The van der Waals surface area contributed by atoms with Crippen LogP contribution in [0, 0.1) is 29.1 Å². The zero-order chi connectivity index (χ0) is 21.1. The molecule has 0 heterocycles. The molecule has 6 nitrogen and oxygen atoms in total. The van der Waals surface area contributed by atoms with Gasteiger partial charge in [-0.15, -0.1) is 0 Å². The van der Waals surface area contributed by atoms with E-state index in [1.54, 1.807) is 0 Å². The van der Waals surface area contributed by atoms with Crippen molar-refractivity contribution in [2.75, 3.05) is 7.11 Å². The van der Waals surface area contributed by atoms with Crippen LogP contribution in [0.1, 0.15) is 72.1 Å². The number of carbonyl (C=O) groups is 3. The minimum atomic E-state index is -1.04. The van der Waals surface area contributed by atoms with Crippen LogP contribution in [-0.4, -0.2) is 29.9 Å². The van der Waals surface area contributed by atoms with E-state index >= 15 is 0 Å². The van der Waals surface area contributed by atoms with Crippen LogP contribution in [0.15, 0.2) is 11.3 Å². The van der Waals surface area contributed by atoms with Crippen LogP contribution in [0.4, 0.5) is 0 Å². The SMILES string of the molecule is COC(=O)CC[C@@H](CC(=O)O)C(=O)C(=C(N)C1CC(CC(C)(C)C)C1)C1CC1. The molecule has 28 heavy (non-hydrogen) atoms. The maximum absolute atomic E-state index is 13.2. The maximum atomic E-state index is 13.2. The molecule has 0 saturated heterocycles. The molecule has 2 aliphatic carbocycles. The lowest BCUT2D eigenvalue weighted by Crippen LogP contribution is -2.34. The fraction of sp³-hybridized carbons (Fsp3) is 0.773. The van der Waals surface area contributed by atoms with Crippen molar-refractivity contribution in [2.24, 2.45) is 34.8 Å². The zero-order valence-electron chi connectivity index (χ0n) is 17.6. The first-order valence-corrected chi connectivity index (χ1v) is 10.3. The largest absolute Gasteiger partial charge is 0.481 e. The Balaban J connectivity index is 2.11. The molecular formula is C22H35NO5. The molecule has 0 aromatic heterocycles. The second kappa shape index (κ2) is 9.10. The molecule has 0 aromatic carbocycles. The Morgan fingerprint density at radius 1 is 1.14 bits per heavy atom. The summed E-state index contributed by atoms with van der Waals surface area (Å²) in [6.07, 6.45) is 4.93. The van der Waals surface area contributed by atoms with Gasteiger partial charge in [0.25, 0.3) is 0 Å². The second-order valence-electron chi connectivity index (χ2n) is 9.72. The molecular weight excluding hydrogens is 358 g/mol. The van der Waals surface area contributed by atoms with Gasteiger partial charge in [0.15, 0.2) is 5.78 Å². The number of carboxylic acids is 1. The number of allylic oxidation sites excluding steroid dienone is 2. The average molecular weight is 394 g/mol. The Hall–Kier alpha value is -1.85. The van der Waals surface area contributed by atoms with Crippen LogP contribution < -0.4 is 5.73 Å². The summed E-state index contributed by atoms with van der Waals surface area (Å²) < 4.78 is 4.63. The number of rotatable bonds is 10. The Kier molecular flexibility index (Phi) is 7.29. The Morgan fingerprint density at radius 2 is 1.75 bits per heavy atom. The van der Waals surface area contributed by atoms with E-state index in [-0.39, 0.29) is 42.3 Å². The van der Waals surface area contributed by atoms with E-state index in [9.17, 15) is 19.5 Å². The number of ketones is 1. The number of methoxy groups -OCH3 is 1. The van der Waals surface area contributed by atoms with E-state index < -0.39 is 17.9 Å². The number of carbonyl (C=O) groups excluding carboxylic acids is 2. The van der Waals surface area contributed by atoms with E-state index in [1.165, 1.54) is 7.11 Å². The first kappa shape index (κ1) is 22.4. The number of ether oxygens (including phenoxy) is 1. The first-order valence-electron chi connectivity index (χ1n) is 10.3. The third-order valence-corrected chi connectivity index (χ3v) is 5.86. The lowest BCUT2D eigenvalue weighted by Gasteiger charge is -2.40. The van der Waals surface area contributed by atoms with Crippen molar-refractivity contribution in [1.29, 1.82) is 0 Å². The van der Waals surface area contributed by atoms with Crippen LogP contribution in [0.3, 0.4) is 0 Å². The van der Waals surface area contributed by atoms with Gasteiger partial charge in [0.05, 0.1) is 13.5 Å². The number of hydrogen-bond acceptors (Lipinski definition) is 5. The number of hydrogen-bond donors (Lipinski definition) is 2. The van der Waals surface area contributed by atoms with Gasteiger partial charge in [-0.25, -0.2) is 0 Å². The predicted molar refractivity (Wildman–Crippen MR) is 106 cm³/mol. The minimum Gasteiger partial charge on any atom is -0.481 e. The molecule has 2 saturated carbocycles. The minimum absolute atomic E-state index is 0.0368. The lowest BCUT2D eigenvalue weighted by atomic mass is 9.66. The summed E-state index contributed by atoms with van der Waals surface area (Å²) in [6, 6.07) is 0. The first-order chi connectivity index (χ1) is 13.0. The lowest BCUT2D eigenvalue weighted by molar-refractivity contribution is -0.143. The normalized spacial score (nSPS) is 24.0. The zero-order valence-corrected chi connectivity index (χ0v) is 17.6. The third-order valence-electron chi connectivity index (χ3n) is 5.86. The number of esters is 1. The van der Waals surface area contributed by atoms with Crippen molar-refractivity contribution in [2.45, 2.75) is 72.1 Å². The van der Waals surface area contributed by atoms with Gasteiger partial charge < -0.3 is 15.6 Å². The van der Waals surface area contributed by atoms with Crippen LogP contribution >= 0.6 is 0 Å². The van der Waals surface area contributed by atoms with Crippen LogP contribution in [0.5, 0.6) is 0 Å². The van der Waals surface area contributed by atoms with E-state index in [0.717, 1.165) is 32.1 Å². The number of carboxylic acid groups (broad SMARTS) is 1. The van der Waals surface area contributed by atoms with Crippen molar-refractivity contribution >= 4 is 17.7 Å². The molecule has 1 atom stereocenters. The molecule has 0 spiro atoms. The van der Waals surface area contributed by atoms with Gasteiger partial charge in [-0.05, 0) is 61.7 Å². The second-order valence-corrected chi connectivity index (χ2v) is 9.72. The Labute approximate surface area is 167 Å². The highest BCUT2D eigenvalue weighted by Gasteiger charge is 2.41. The van der Waals surface area contributed by atoms with Crippen molar-refractivity contribution in [1.82, 2.24) is 0 Å². The molecule has 0 aliphatic heterocycles. The van der Waals surface area contributed by atoms with Crippen molar-refractivity contribution in [3.8, 4) is 0 Å². The highest BCUT2D eigenvalue weighted by Crippen LogP contribution is 2.47. The monoisotopic (exact) mass is 393 g/mol. The van der Waals surface area contributed by atoms with E-state index in [0.29, 0.717) is 17.2 Å². The third kappa shape index (κ3) is 6.35. The highest BCUT2D eigenvalue weighted by atomic mass is 16.5. The van der Waals surface area contributed by atoms with E-state index in [4.69, 9.17) is 5.73 Å². The molecule has 2 rings (SSSR count). The summed E-state index contributed by atoms with van der Waals surface area (Å²) in [5.41, 5.74) is 8.06. The van der Waals surface area contributed by atoms with Crippen molar-refractivity contribution in [3.63, 3.8) is 0 Å². The average Bonchev–Trinajstić information content (AvgIpc) is 3.37. The Bertz CT molecular complexity index is 636. The standard InChI is InChI=1S/C22H35NO5/c1-22(2,3)12-13-9-16(10-13)20(23)19(14-5-6-14)21(27)15(11-17(24)25)7-8-18(26)28-4/h13-16H,5-12,23H2,1-4H3,(H,24,25)/t13?,15-,16?/m0/s1. The smallest absolute Gasteiger partial charge is 0.305 e. The summed E-state index contributed by atoms with van der Waals surface area (Å²) >= 11 is 0. The molecule has 0 radical (unpaired) electrons. The molecule has 3 N–H and O–H groups in total. The number of Topliss-reactive ketones (excluding diaryl/α,β-unsaturated/α-hetero) is 1. The molecule has 158 valence electrons. The molecule has 2 fully saturated rings. The Morgan fingerprint density at radius 3 is 2.21 bits per heavy atom. The van der Waals surface area contributed by atoms with Crippen molar-refractivity contribution < 1.29 is 24.2 Å². The van der Waals surface area contributed by atoms with Gasteiger partial charge in [0.1, 0.15) is 0 Å². The number of nitrogens with two attached hydrogens (primary N) is 1. The van der Waals surface area contributed by atoms with Gasteiger partial charge in [-0.1, -0.05) is 20.8 Å². The molecule has 0 bridgehead atoms. The molecule has 6 heteroatoms. The van der Waals surface area contributed by atoms with Crippen LogP contribution in [0.2, 0.25) is 0 Å². The topological polar surface area (TPSA) is 107 Å². The van der Waals surface area contributed by atoms with Crippen LogP contribution in [0.25, 0.3) is 0 Å². The van der Waals surface area contributed by atoms with Crippen molar-refractivity contribution in [3.05, 3.63) is 11.3 Å². The molecule has 0 amide bonds. The fourth-order valence-corrected chi connectivity index (χ4v) is 4.34. The maximum Gasteiger partial charge on any atom is 0.305 e. The van der Waals surface area contributed by atoms with Gasteiger partial charge in [0.2, 0.25) is 0 Å².